The van der Waals surface area contributed by atoms with E-state index in [-0.39, 0.29) is 5.91 Å². The Morgan fingerprint density at radius 3 is 2.52 bits per heavy atom. The van der Waals surface area contributed by atoms with Gasteiger partial charge in [0.25, 0.3) is 5.91 Å². The lowest BCUT2D eigenvalue weighted by Crippen LogP contribution is -2.27. The van der Waals surface area contributed by atoms with Crippen LogP contribution >= 0.6 is 0 Å². The highest BCUT2D eigenvalue weighted by atomic mass is 16.5. The van der Waals surface area contributed by atoms with E-state index in [2.05, 4.69) is 20.6 Å². The molecule has 0 spiro atoms. The summed E-state index contributed by atoms with van der Waals surface area (Å²) in [6, 6.07) is 15.4. The molecule has 1 fully saturated rings. The molecule has 1 aromatic heterocycles. The van der Waals surface area contributed by atoms with E-state index in [4.69, 9.17) is 9.47 Å². The number of carbonyl (C=O) groups is 1. The fourth-order valence-electron chi connectivity index (χ4n) is 3.98. The number of benzene rings is 2. The van der Waals surface area contributed by atoms with Gasteiger partial charge in [0.2, 0.25) is 0 Å². The maximum Gasteiger partial charge on any atom is 0.256 e. The van der Waals surface area contributed by atoms with Crippen LogP contribution in [0.5, 0.6) is 11.5 Å². The van der Waals surface area contributed by atoms with Gasteiger partial charge in [0.1, 0.15) is 17.3 Å². The van der Waals surface area contributed by atoms with E-state index in [9.17, 15) is 4.79 Å². The second-order valence-electron chi connectivity index (χ2n) is 8.00. The number of methoxy groups -OCH3 is 2. The largest absolute Gasteiger partial charge is 0.497 e. The van der Waals surface area contributed by atoms with Gasteiger partial charge in [-0.15, -0.1) is 0 Å². The molecule has 2 heterocycles. The summed E-state index contributed by atoms with van der Waals surface area (Å²) in [4.78, 5) is 15.2. The van der Waals surface area contributed by atoms with Gasteiger partial charge in [0, 0.05) is 49.6 Å². The molecule has 174 valence electrons. The molecule has 2 aromatic carbocycles. The summed E-state index contributed by atoms with van der Waals surface area (Å²) in [6.07, 6.45) is 3.53. The molecule has 3 aromatic rings. The summed E-state index contributed by atoms with van der Waals surface area (Å²) in [7, 11) is 3.27. The number of amides is 1. The van der Waals surface area contributed by atoms with Crippen LogP contribution in [0.25, 0.3) is 0 Å². The van der Waals surface area contributed by atoms with Crippen LogP contribution in [0.15, 0.2) is 54.7 Å². The predicted octanol–water partition coefficient (Wildman–Crippen LogP) is 3.20. The molecule has 1 saturated heterocycles. The van der Waals surface area contributed by atoms with Gasteiger partial charge in [0.15, 0.2) is 0 Å². The lowest BCUT2D eigenvalue weighted by atomic mass is 10.1. The molecule has 8 heteroatoms. The Balaban J connectivity index is 1.38. The topological polar surface area (TPSA) is 80.7 Å². The summed E-state index contributed by atoms with van der Waals surface area (Å²) in [5.74, 6) is 2.01. The molecule has 0 saturated carbocycles. The Bertz CT molecular complexity index is 1030. The molecule has 0 bridgehead atoms. The molecule has 0 atom stereocenters. The van der Waals surface area contributed by atoms with Gasteiger partial charge in [-0.2, -0.15) is 5.10 Å². The first kappa shape index (κ1) is 22.7. The molecule has 0 radical (unpaired) electrons. The van der Waals surface area contributed by atoms with Gasteiger partial charge >= 0.3 is 0 Å². The molecule has 0 unspecified atom stereocenters. The molecule has 8 nitrogen and oxygen atoms in total. The number of anilines is 2. The van der Waals surface area contributed by atoms with Crippen molar-refractivity contribution in [2.24, 2.45) is 0 Å². The number of carbonyl (C=O) groups excluding carboxylic acids is 1. The number of aryl methyl sites for hydroxylation is 2. The minimum Gasteiger partial charge on any atom is -0.497 e. The first-order valence-corrected chi connectivity index (χ1v) is 11.3. The first-order valence-electron chi connectivity index (χ1n) is 11.3. The van der Waals surface area contributed by atoms with E-state index in [0.717, 1.165) is 61.8 Å². The Morgan fingerprint density at radius 2 is 1.79 bits per heavy atom. The van der Waals surface area contributed by atoms with Gasteiger partial charge in [-0.1, -0.05) is 0 Å². The average molecular weight is 450 g/mol. The van der Waals surface area contributed by atoms with Crippen molar-refractivity contribution in [2.75, 3.05) is 50.6 Å². The number of hydrogen-bond acceptors (Lipinski definition) is 6. The zero-order valence-corrected chi connectivity index (χ0v) is 19.2. The molecule has 4 rings (SSSR count). The minimum atomic E-state index is -0.149. The first-order chi connectivity index (χ1) is 16.2. The van der Waals surface area contributed by atoms with Crippen LogP contribution in [0.4, 0.5) is 11.5 Å². The Kier molecular flexibility index (Phi) is 7.47. The highest BCUT2D eigenvalue weighted by molar-refractivity contribution is 6.04. The van der Waals surface area contributed by atoms with Crippen molar-refractivity contribution in [3.05, 3.63) is 65.9 Å². The van der Waals surface area contributed by atoms with E-state index in [1.807, 2.05) is 48.5 Å². The van der Waals surface area contributed by atoms with E-state index in [1.165, 1.54) is 0 Å². The molecule has 1 amide bonds. The quantitative estimate of drug-likeness (QED) is 0.550. The van der Waals surface area contributed by atoms with E-state index < -0.39 is 0 Å². The third kappa shape index (κ3) is 5.84. The van der Waals surface area contributed by atoms with E-state index >= 15 is 0 Å². The molecule has 0 aliphatic carbocycles. The Labute approximate surface area is 194 Å². The number of aromatic nitrogens is 2. The van der Waals surface area contributed by atoms with Crippen LogP contribution in [-0.2, 0) is 13.0 Å². The standard InChI is InChI=1S/C25H31N5O3/c1-32-22-16-19(17-23(18-22)33-2)9-14-30-24(8-11-27-30)28-25(31)20-4-6-21(7-5-20)29-13-3-10-26-12-15-29/h4-8,11,16-18,26H,3,9-10,12-15H2,1-2H3,(H,28,31). The highest BCUT2D eigenvalue weighted by Crippen LogP contribution is 2.23. The maximum absolute atomic E-state index is 12.8. The summed E-state index contributed by atoms with van der Waals surface area (Å²) >= 11 is 0. The van der Waals surface area contributed by atoms with Crippen LogP contribution in [0.1, 0.15) is 22.3 Å². The van der Waals surface area contributed by atoms with Crippen LogP contribution < -0.4 is 25.0 Å². The van der Waals surface area contributed by atoms with Crippen LogP contribution in [0, 0.1) is 0 Å². The SMILES string of the molecule is COc1cc(CCn2nccc2NC(=O)c2ccc(N3CCCNCC3)cc2)cc(OC)c1. The fraction of sp³-hybridized carbons (Fsp3) is 0.360. The smallest absolute Gasteiger partial charge is 0.256 e. The van der Waals surface area contributed by atoms with Crippen molar-refractivity contribution in [3.8, 4) is 11.5 Å². The van der Waals surface area contributed by atoms with Crippen molar-refractivity contribution in [2.45, 2.75) is 19.4 Å². The zero-order valence-electron chi connectivity index (χ0n) is 19.2. The molecular formula is C25H31N5O3. The van der Waals surface area contributed by atoms with Gasteiger partial charge in [0.05, 0.1) is 20.4 Å². The number of ether oxygens (including phenoxy) is 2. The van der Waals surface area contributed by atoms with E-state index in [0.29, 0.717) is 17.9 Å². The van der Waals surface area contributed by atoms with Crippen LogP contribution in [-0.4, -0.2) is 56.1 Å². The molecule has 2 N–H and O–H groups in total. The fourth-order valence-corrected chi connectivity index (χ4v) is 3.98. The molecule has 1 aliphatic heterocycles. The normalized spacial score (nSPS) is 13.9. The van der Waals surface area contributed by atoms with Gasteiger partial charge in [-0.05, 0) is 61.3 Å². The third-order valence-electron chi connectivity index (χ3n) is 5.82. The van der Waals surface area contributed by atoms with Crippen molar-refractivity contribution in [3.63, 3.8) is 0 Å². The average Bonchev–Trinajstić information content (AvgIpc) is 3.11. The molecule has 33 heavy (non-hydrogen) atoms. The van der Waals surface area contributed by atoms with Crippen LogP contribution in [0.2, 0.25) is 0 Å². The number of rotatable bonds is 8. The second-order valence-corrected chi connectivity index (χ2v) is 8.00. The Hall–Kier alpha value is -3.52. The number of nitrogens with one attached hydrogen (secondary N) is 2. The highest BCUT2D eigenvalue weighted by Gasteiger charge is 2.13. The van der Waals surface area contributed by atoms with Crippen molar-refractivity contribution in [1.29, 1.82) is 0 Å². The Morgan fingerprint density at radius 1 is 1.03 bits per heavy atom. The molecular weight excluding hydrogens is 418 g/mol. The van der Waals surface area contributed by atoms with Crippen molar-refractivity contribution >= 4 is 17.4 Å². The number of hydrogen-bond donors (Lipinski definition) is 2. The minimum absolute atomic E-state index is 0.149. The number of nitrogens with zero attached hydrogens (tertiary/aromatic N) is 3. The van der Waals surface area contributed by atoms with Gasteiger partial charge in [-0.3, -0.25) is 4.79 Å². The van der Waals surface area contributed by atoms with Gasteiger partial charge < -0.3 is 25.0 Å². The lowest BCUT2D eigenvalue weighted by molar-refractivity contribution is 0.102. The van der Waals surface area contributed by atoms with Gasteiger partial charge in [-0.25, -0.2) is 4.68 Å². The predicted molar refractivity (Wildman–Crippen MR) is 130 cm³/mol. The summed E-state index contributed by atoms with van der Waals surface area (Å²) < 4.78 is 12.5. The zero-order chi connectivity index (χ0) is 23.0. The monoisotopic (exact) mass is 449 g/mol. The van der Waals surface area contributed by atoms with Crippen LogP contribution in [0.3, 0.4) is 0 Å². The third-order valence-corrected chi connectivity index (χ3v) is 5.82. The van der Waals surface area contributed by atoms with Crippen molar-refractivity contribution in [1.82, 2.24) is 15.1 Å². The summed E-state index contributed by atoms with van der Waals surface area (Å²) in [5, 5.41) is 10.8. The maximum atomic E-state index is 12.8. The lowest BCUT2D eigenvalue weighted by Gasteiger charge is -2.22. The van der Waals surface area contributed by atoms with E-state index in [1.54, 1.807) is 25.1 Å². The summed E-state index contributed by atoms with van der Waals surface area (Å²) in [6.45, 7) is 4.65. The second kappa shape index (κ2) is 10.9. The summed E-state index contributed by atoms with van der Waals surface area (Å²) in [5.41, 5.74) is 2.84. The van der Waals surface area contributed by atoms with Crippen molar-refractivity contribution < 1.29 is 14.3 Å². The molecule has 1 aliphatic rings.